The van der Waals surface area contributed by atoms with Gasteiger partial charge in [-0.05, 0) is 18.4 Å². The molecule has 2 aromatic rings. The fourth-order valence-corrected chi connectivity index (χ4v) is 1.99. The molecule has 0 radical (unpaired) electrons. The standard InChI is InChI=1S/C11H11ClN4OS/c1-17-8-9(12)15-11(18-2)16-10(8)14-7-3-5-13-6-4-7/h3-6H,1-2H3,(H,13,14,15,16). The molecular formula is C11H11ClN4OS. The van der Waals surface area contributed by atoms with Gasteiger partial charge < -0.3 is 10.1 Å². The van der Waals surface area contributed by atoms with Crippen LogP contribution in [0.15, 0.2) is 29.7 Å². The summed E-state index contributed by atoms with van der Waals surface area (Å²) >= 11 is 7.45. The molecule has 2 rings (SSSR count). The summed E-state index contributed by atoms with van der Waals surface area (Å²) in [4.78, 5) is 12.4. The monoisotopic (exact) mass is 282 g/mol. The zero-order valence-corrected chi connectivity index (χ0v) is 11.4. The van der Waals surface area contributed by atoms with E-state index in [2.05, 4.69) is 20.3 Å². The molecule has 1 N–H and O–H groups in total. The molecule has 94 valence electrons. The average Bonchev–Trinajstić information content (AvgIpc) is 2.39. The number of nitrogens with one attached hydrogen (secondary N) is 1. The number of methoxy groups -OCH3 is 1. The smallest absolute Gasteiger partial charge is 0.199 e. The molecule has 18 heavy (non-hydrogen) atoms. The summed E-state index contributed by atoms with van der Waals surface area (Å²) in [5, 5.41) is 3.99. The first-order valence-electron chi connectivity index (χ1n) is 5.07. The van der Waals surface area contributed by atoms with Gasteiger partial charge in [-0.1, -0.05) is 23.4 Å². The molecule has 7 heteroatoms. The normalized spacial score (nSPS) is 10.2. The lowest BCUT2D eigenvalue weighted by Crippen LogP contribution is -2.01. The molecule has 0 bridgehead atoms. The Kier molecular flexibility index (Phi) is 4.22. The molecular weight excluding hydrogens is 272 g/mol. The summed E-state index contributed by atoms with van der Waals surface area (Å²) in [5.74, 6) is 0.958. The van der Waals surface area contributed by atoms with E-state index in [4.69, 9.17) is 16.3 Å². The first-order chi connectivity index (χ1) is 8.74. The van der Waals surface area contributed by atoms with Gasteiger partial charge in [-0.25, -0.2) is 9.97 Å². The van der Waals surface area contributed by atoms with Crippen LogP contribution in [0, 0.1) is 0 Å². The van der Waals surface area contributed by atoms with E-state index in [9.17, 15) is 0 Å². The Balaban J connectivity index is 2.39. The third-order valence-corrected chi connectivity index (χ3v) is 2.94. The lowest BCUT2D eigenvalue weighted by molar-refractivity contribution is 0.412. The zero-order chi connectivity index (χ0) is 13.0. The van der Waals surface area contributed by atoms with Crippen molar-refractivity contribution in [3.05, 3.63) is 29.7 Å². The lowest BCUT2D eigenvalue weighted by atomic mass is 10.4. The largest absolute Gasteiger partial charge is 0.490 e. The Morgan fingerprint density at radius 1 is 1.28 bits per heavy atom. The molecule has 0 aliphatic carbocycles. The second-order valence-corrected chi connectivity index (χ2v) is 4.38. The van der Waals surface area contributed by atoms with Crippen molar-refractivity contribution >= 4 is 34.9 Å². The Morgan fingerprint density at radius 2 is 2.00 bits per heavy atom. The summed E-state index contributed by atoms with van der Waals surface area (Å²) in [5.41, 5.74) is 0.852. The second-order valence-electron chi connectivity index (χ2n) is 3.24. The van der Waals surface area contributed by atoms with Crippen LogP contribution in [0.4, 0.5) is 11.5 Å². The number of rotatable bonds is 4. The van der Waals surface area contributed by atoms with Crippen LogP contribution < -0.4 is 10.1 Å². The SMILES string of the molecule is COc1c(Cl)nc(SC)nc1Nc1ccncc1. The number of hydrogen-bond donors (Lipinski definition) is 1. The molecule has 2 heterocycles. The molecule has 5 nitrogen and oxygen atoms in total. The van der Waals surface area contributed by atoms with E-state index in [0.29, 0.717) is 16.7 Å². The van der Waals surface area contributed by atoms with E-state index in [-0.39, 0.29) is 5.15 Å². The lowest BCUT2D eigenvalue weighted by Gasteiger charge is -2.11. The van der Waals surface area contributed by atoms with E-state index in [1.165, 1.54) is 18.9 Å². The molecule has 2 aromatic heterocycles. The number of anilines is 2. The summed E-state index contributed by atoms with van der Waals surface area (Å²) in [6.45, 7) is 0. The van der Waals surface area contributed by atoms with Crippen LogP contribution in [0.3, 0.4) is 0 Å². The van der Waals surface area contributed by atoms with Crippen molar-refractivity contribution in [2.45, 2.75) is 5.16 Å². The molecule has 0 amide bonds. The molecule has 0 atom stereocenters. The Labute approximate surface area is 114 Å². The zero-order valence-electron chi connectivity index (χ0n) is 9.85. The van der Waals surface area contributed by atoms with Gasteiger partial charge in [0.05, 0.1) is 7.11 Å². The van der Waals surface area contributed by atoms with Gasteiger partial charge in [-0.3, -0.25) is 4.98 Å². The first kappa shape index (κ1) is 12.9. The minimum Gasteiger partial charge on any atom is -0.490 e. The maximum absolute atomic E-state index is 6.04. The molecule has 0 aromatic carbocycles. The maximum atomic E-state index is 6.04. The molecule has 0 spiro atoms. The summed E-state index contributed by atoms with van der Waals surface area (Å²) in [6, 6.07) is 3.66. The highest BCUT2D eigenvalue weighted by atomic mass is 35.5. The Hall–Kier alpha value is -1.53. The number of hydrogen-bond acceptors (Lipinski definition) is 6. The van der Waals surface area contributed by atoms with E-state index in [1.54, 1.807) is 12.4 Å². The van der Waals surface area contributed by atoms with E-state index >= 15 is 0 Å². The number of ether oxygens (including phenoxy) is 1. The van der Waals surface area contributed by atoms with Crippen molar-refractivity contribution < 1.29 is 4.74 Å². The van der Waals surface area contributed by atoms with Crippen molar-refractivity contribution in [3.63, 3.8) is 0 Å². The third-order valence-electron chi connectivity index (χ3n) is 2.13. The molecule has 0 saturated carbocycles. The second kappa shape index (κ2) is 5.88. The number of thioether (sulfide) groups is 1. The molecule has 0 aliphatic heterocycles. The molecule has 0 unspecified atom stereocenters. The quantitative estimate of drug-likeness (QED) is 0.528. The van der Waals surface area contributed by atoms with Gasteiger partial charge in [-0.15, -0.1) is 0 Å². The summed E-state index contributed by atoms with van der Waals surface area (Å²) in [7, 11) is 1.53. The van der Waals surface area contributed by atoms with Crippen LogP contribution in [0.1, 0.15) is 0 Å². The van der Waals surface area contributed by atoms with Crippen LogP contribution >= 0.6 is 23.4 Å². The number of nitrogens with zero attached hydrogens (tertiary/aromatic N) is 3. The van der Waals surface area contributed by atoms with E-state index in [1.807, 2.05) is 18.4 Å². The summed E-state index contributed by atoms with van der Waals surface area (Å²) < 4.78 is 5.20. The van der Waals surface area contributed by atoms with Crippen LogP contribution in [-0.2, 0) is 0 Å². The third kappa shape index (κ3) is 2.83. The van der Waals surface area contributed by atoms with Crippen LogP contribution in [0.2, 0.25) is 5.15 Å². The van der Waals surface area contributed by atoms with Crippen molar-refractivity contribution in [1.29, 1.82) is 0 Å². The highest BCUT2D eigenvalue weighted by molar-refractivity contribution is 7.98. The maximum Gasteiger partial charge on any atom is 0.199 e. The average molecular weight is 283 g/mol. The van der Waals surface area contributed by atoms with Crippen LogP contribution in [0.25, 0.3) is 0 Å². The van der Waals surface area contributed by atoms with Gasteiger partial charge in [0.15, 0.2) is 21.9 Å². The van der Waals surface area contributed by atoms with Crippen LogP contribution in [0.5, 0.6) is 5.75 Å². The van der Waals surface area contributed by atoms with Gasteiger partial charge in [0, 0.05) is 18.1 Å². The molecule has 0 saturated heterocycles. The number of pyridine rings is 1. The topological polar surface area (TPSA) is 59.9 Å². The predicted molar refractivity (Wildman–Crippen MR) is 72.9 cm³/mol. The van der Waals surface area contributed by atoms with E-state index < -0.39 is 0 Å². The van der Waals surface area contributed by atoms with Gasteiger partial charge in [0.2, 0.25) is 0 Å². The Bertz CT molecular complexity index is 538. The number of aromatic nitrogens is 3. The van der Waals surface area contributed by atoms with E-state index in [0.717, 1.165) is 5.69 Å². The fraction of sp³-hybridized carbons (Fsp3) is 0.182. The van der Waals surface area contributed by atoms with Gasteiger partial charge in [-0.2, -0.15) is 0 Å². The van der Waals surface area contributed by atoms with Crippen molar-refractivity contribution in [2.75, 3.05) is 18.7 Å². The van der Waals surface area contributed by atoms with Gasteiger partial charge >= 0.3 is 0 Å². The highest BCUT2D eigenvalue weighted by Crippen LogP contribution is 2.33. The minimum atomic E-state index is 0.286. The highest BCUT2D eigenvalue weighted by Gasteiger charge is 2.13. The minimum absolute atomic E-state index is 0.286. The van der Waals surface area contributed by atoms with Crippen LogP contribution in [-0.4, -0.2) is 28.3 Å². The number of halogens is 1. The fourth-order valence-electron chi connectivity index (χ4n) is 1.33. The van der Waals surface area contributed by atoms with Crippen molar-refractivity contribution in [3.8, 4) is 5.75 Å². The Morgan fingerprint density at radius 3 is 2.61 bits per heavy atom. The van der Waals surface area contributed by atoms with Gasteiger partial charge in [0.1, 0.15) is 0 Å². The molecule has 0 fully saturated rings. The predicted octanol–water partition coefficient (Wildman–Crippen LogP) is 3.00. The molecule has 0 aliphatic rings. The van der Waals surface area contributed by atoms with Crippen molar-refractivity contribution in [2.24, 2.45) is 0 Å². The summed E-state index contributed by atoms with van der Waals surface area (Å²) in [6.07, 6.45) is 5.26. The first-order valence-corrected chi connectivity index (χ1v) is 6.67. The van der Waals surface area contributed by atoms with Gasteiger partial charge in [0.25, 0.3) is 0 Å². The van der Waals surface area contributed by atoms with Crippen molar-refractivity contribution in [1.82, 2.24) is 15.0 Å².